The summed E-state index contributed by atoms with van der Waals surface area (Å²) in [6.45, 7) is 1.74. The SMILES string of the molecule is O=C(Nc1ccccc1C(F)(F)F)N1CCN(c2ccc(F)cc2)CC1. The number of nitrogens with one attached hydrogen (secondary N) is 1. The molecule has 2 amide bonds. The largest absolute Gasteiger partial charge is 0.418 e. The van der Waals surface area contributed by atoms with Crippen LogP contribution in [-0.4, -0.2) is 37.1 Å². The average Bonchev–Trinajstić information content (AvgIpc) is 2.62. The van der Waals surface area contributed by atoms with Crippen molar-refractivity contribution in [3.05, 3.63) is 59.9 Å². The van der Waals surface area contributed by atoms with Crippen LogP contribution in [0, 0.1) is 5.82 Å². The number of amides is 2. The number of para-hydroxylation sites is 1. The molecule has 1 N–H and O–H groups in total. The summed E-state index contributed by atoms with van der Waals surface area (Å²) in [6, 6.07) is 10.4. The standard InChI is InChI=1S/C18H17F4N3O/c19-13-5-7-14(8-6-13)24-9-11-25(12-10-24)17(26)23-16-4-2-1-3-15(16)18(20,21)22/h1-8H,9-12H2,(H,23,26). The number of piperazine rings is 1. The van der Waals surface area contributed by atoms with Gasteiger partial charge in [-0.25, -0.2) is 9.18 Å². The van der Waals surface area contributed by atoms with Crippen LogP contribution in [0.5, 0.6) is 0 Å². The molecule has 2 aromatic carbocycles. The van der Waals surface area contributed by atoms with E-state index in [4.69, 9.17) is 0 Å². The van der Waals surface area contributed by atoms with Gasteiger partial charge in [0.15, 0.2) is 0 Å². The van der Waals surface area contributed by atoms with Gasteiger partial charge in [0.2, 0.25) is 0 Å². The molecule has 0 bridgehead atoms. The van der Waals surface area contributed by atoms with Crippen molar-refractivity contribution in [2.75, 3.05) is 36.4 Å². The van der Waals surface area contributed by atoms with Crippen LogP contribution in [-0.2, 0) is 6.18 Å². The molecular weight excluding hydrogens is 350 g/mol. The zero-order chi connectivity index (χ0) is 18.7. The van der Waals surface area contributed by atoms with E-state index in [2.05, 4.69) is 5.32 Å². The fourth-order valence-corrected chi connectivity index (χ4v) is 2.85. The number of nitrogens with zero attached hydrogens (tertiary/aromatic N) is 2. The van der Waals surface area contributed by atoms with Gasteiger partial charge in [0.1, 0.15) is 5.82 Å². The maximum absolute atomic E-state index is 13.0. The number of urea groups is 1. The molecule has 0 aliphatic carbocycles. The van der Waals surface area contributed by atoms with Crippen LogP contribution in [0.25, 0.3) is 0 Å². The van der Waals surface area contributed by atoms with E-state index < -0.39 is 17.8 Å². The number of anilines is 2. The number of carbonyl (C=O) groups is 1. The monoisotopic (exact) mass is 367 g/mol. The number of rotatable bonds is 2. The lowest BCUT2D eigenvalue weighted by Gasteiger charge is -2.36. The highest BCUT2D eigenvalue weighted by Crippen LogP contribution is 2.34. The lowest BCUT2D eigenvalue weighted by atomic mass is 10.1. The molecule has 0 atom stereocenters. The third-order valence-corrected chi connectivity index (χ3v) is 4.23. The van der Waals surface area contributed by atoms with E-state index in [0.717, 1.165) is 11.8 Å². The summed E-state index contributed by atoms with van der Waals surface area (Å²) in [5, 5.41) is 2.35. The van der Waals surface area contributed by atoms with Gasteiger partial charge in [-0.2, -0.15) is 13.2 Å². The van der Waals surface area contributed by atoms with Crippen molar-refractivity contribution in [3.63, 3.8) is 0 Å². The lowest BCUT2D eigenvalue weighted by Crippen LogP contribution is -2.50. The molecule has 1 aliphatic rings. The van der Waals surface area contributed by atoms with Gasteiger partial charge in [0.25, 0.3) is 0 Å². The first-order valence-corrected chi connectivity index (χ1v) is 8.07. The molecule has 2 aromatic rings. The second kappa shape index (κ2) is 7.23. The quantitative estimate of drug-likeness (QED) is 0.808. The minimum absolute atomic E-state index is 0.258. The molecule has 8 heteroatoms. The molecule has 0 spiro atoms. The van der Waals surface area contributed by atoms with Gasteiger partial charge in [-0.3, -0.25) is 0 Å². The number of benzene rings is 2. The van der Waals surface area contributed by atoms with Crippen molar-refractivity contribution in [1.82, 2.24) is 4.90 Å². The Bertz CT molecular complexity index is 769. The van der Waals surface area contributed by atoms with E-state index in [1.807, 2.05) is 4.90 Å². The van der Waals surface area contributed by atoms with E-state index in [1.165, 1.54) is 35.2 Å². The van der Waals surface area contributed by atoms with Crippen molar-refractivity contribution in [3.8, 4) is 0 Å². The molecule has 4 nitrogen and oxygen atoms in total. The molecule has 138 valence electrons. The normalized spacial score (nSPS) is 15.1. The fourth-order valence-electron chi connectivity index (χ4n) is 2.85. The number of hydrogen-bond donors (Lipinski definition) is 1. The summed E-state index contributed by atoms with van der Waals surface area (Å²) in [5.74, 6) is -0.324. The second-order valence-corrected chi connectivity index (χ2v) is 5.92. The highest BCUT2D eigenvalue weighted by atomic mass is 19.4. The number of hydrogen-bond acceptors (Lipinski definition) is 2. The summed E-state index contributed by atoms with van der Waals surface area (Å²) < 4.78 is 52.0. The first-order valence-electron chi connectivity index (χ1n) is 8.07. The fraction of sp³-hybridized carbons (Fsp3) is 0.278. The lowest BCUT2D eigenvalue weighted by molar-refractivity contribution is -0.136. The van der Waals surface area contributed by atoms with Crippen LogP contribution < -0.4 is 10.2 Å². The van der Waals surface area contributed by atoms with Gasteiger partial charge in [0.05, 0.1) is 11.3 Å². The topological polar surface area (TPSA) is 35.6 Å². The molecule has 0 unspecified atom stereocenters. The zero-order valence-electron chi connectivity index (χ0n) is 13.8. The van der Waals surface area contributed by atoms with E-state index in [9.17, 15) is 22.4 Å². The van der Waals surface area contributed by atoms with Crippen molar-refractivity contribution in [2.24, 2.45) is 0 Å². The van der Waals surface area contributed by atoms with Gasteiger partial charge >= 0.3 is 12.2 Å². The molecule has 1 aliphatic heterocycles. The Kier molecular flexibility index (Phi) is 5.01. The Morgan fingerprint density at radius 1 is 0.923 bits per heavy atom. The summed E-state index contributed by atoms with van der Waals surface area (Å²) >= 11 is 0. The summed E-state index contributed by atoms with van der Waals surface area (Å²) in [4.78, 5) is 15.8. The molecule has 3 rings (SSSR count). The van der Waals surface area contributed by atoms with Crippen molar-refractivity contribution < 1.29 is 22.4 Å². The Morgan fingerprint density at radius 3 is 2.15 bits per heavy atom. The van der Waals surface area contributed by atoms with E-state index in [0.29, 0.717) is 26.2 Å². The third kappa shape index (κ3) is 4.07. The smallest absolute Gasteiger partial charge is 0.368 e. The molecule has 0 saturated carbocycles. The van der Waals surface area contributed by atoms with Crippen LogP contribution in [0.4, 0.5) is 33.7 Å². The minimum Gasteiger partial charge on any atom is -0.368 e. The van der Waals surface area contributed by atoms with E-state index in [-0.39, 0.29) is 11.5 Å². The molecule has 1 fully saturated rings. The Labute approximate surface area is 148 Å². The number of carbonyl (C=O) groups excluding carboxylic acids is 1. The number of halogens is 4. The Hall–Kier alpha value is -2.77. The molecule has 1 heterocycles. The number of alkyl halides is 3. The predicted octanol–water partition coefficient (Wildman–Crippen LogP) is 4.20. The van der Waals surface area contributed by atoms with Crippen molar-refractivity contribution in [1.29, 1.82) is 0 Å². The average molecular weight is 367 g/mol. The van der Waals surface area contributed by atoms with Crippen LogP contribution in [0.3, 0.4) is 0 Å². The van der Waals surface area contributed by atoms with Crippen LogP contribution in [0.1, 0.15) is 5.56 Å². The molecule has 26 heavy (non-hydrogen) atoms. The summed E-state index contributed by atoms with van der Waals surface area (Å²) in [7, 11) is 0. The van der Waals surface area contributed by atoms with Crippen molar-refractivity contribution >= 4 is 17.4 Å². The first kappa shape index (κ1) is 18.0. The predicted molar refractivity (Wildman–Crippen MR) is 90.6 cm³/mol. The van der Waals surface area contributed by atoms with Crippen LogP contribution in [0.2, 0.25) is 0 Å². The maximum Gasteiger partial charge on any atom is 0.418 e. The van der Waals surface area contributed by atoms with Gasteiger partial charge in [-0.05, 0) is 36.4 Å². The van der Waals surface area contributed by atoms with Gasteiger partial charge < -0.3 is 15.1 Å². The van der Waals surface area contributed by atoms with Gasteiger partial charge in [-0.1, -0.05) is 12.1 Å². The van der Waals surface area contributed by atoms with Crippen LogP contribution >= 0.6 is 0 Å². The van der Waals surface area contributed by atoms with E-state index >= 15 is 0 Å². The third-order valence-electron chi connectivity index (χ3n) is 4.23. The van der Waals surface area contributed by atoms with Gasteiger partial charge in [0, 0.05) is 31.9 Å². The molecule has 0 aromatic heterocycles. The molecule has 1 saturated heterocycles. The van der Waals surface area contributed by atoms with Gasteiger partial charge in [-0.15, -0.1) is 0 Å². The summed E-state index contributed by atoms with van der Waals surface area (Å²) in [5.41, 5.74) is -0.293. The molecular formula is C18H17F4N3O. The zero-order valence-corrected chi connectivity index (χ0v) is 13.8. The first-order chi connectivity index (χ1) is 12.3. The highest BCUT2D eigenvalue weighted by molar-refractivity contribution is 5.90. The van der Waals surface area contributed by atoms with Crippen LogP contribution in [0.15, 0.2) is 48.5 Å². The highest BCUT2D eigenvalue weighted by Gasteiger charge is 2.34. The van der Waals surface area contributed by atoms with Crippen molar-refractivity contribution in [2.45, 2.75) is 6.18 Å². The summed E-state index contributed by atoms with van der Waals surface area (Å²) in [6.07, 6.45) is -4.54. The maximum atomic E-state index is 13.0. The second-order valence-electron chi connectivity index (χ2n) is 5.92. The minimum atomic E-state index is -4.54. The molecule has 0 radical (unpaired) electrons. The Morgan fingerprint density at radius 2 is 1.54 bits per heavy atom. The van der Waals surface area contributed by atoms with E-state index in [1.54, 1.807) is 12.1 Å². The Balaban J connectivity index is 1.62.